The van der Waals surface area contributed by atoms with Crippen LogP contribution in [0.1, 0.15) is 43.3 Å². The molecule has 0 aliphatic carbocycles. The topological polar surface area (TPSA) is 98.7 Å². The minimum absolute atomic E-state index is 0.121. The van der Waals surface area contributed by atoms with Crippen LogP contribution in [0.15, 0.2) is 53.1 Å². The van der Waals surface area contributed by atoms with Crippen molar-refractivity contribution >= 4 is 11.8 Å². The first-order chi connectivity index (χ1) is 13.9. The van der Waals surface area contributed by atoms with E-state index in [1.807, 2.05) is 19.9 Å². The molecular weight excluding hydrogens is 370 g/mol. The predicted octanol–water partition coefficient (Wildman–Crippen LogP) is 3.24. The summed E-state index contributed by atoms with van der Waals surface area (Å²) in [4.78, 5) is 26.0. The van der Waals surface area contributed by atoms with Crippen LogP contribution in [0.4, 0.5) is 0 Å². The quantitative estimate of drug-likeness (QED) is 0.664. The monoisotopic (exact) mass is 393 g/mol. The Hall–Kier alpha value is -3.61. The minimum Gasteiger partial charge on any atom is -0.488 e. The van der Waals surface area contributed by atoms with E-state index in [4.69, 9.17) is 15.0 Å². The molecule has 0 spiro atoms. The average molecular weight is 393 g/mol. The van der Waals surface area contributed by atoms with Crippen LogP contribution >= 0.6 is 0 Å². The van der Waals surface area contributed by atoms with Crippen LogP contribution in [0.2, 0.25) is 0 Å². The largest absolute Gasteiger partial charge is 0.488 e. The highest BCUT2D eigenvalue weighted by Gasteiger charge is 2.17. The molecule has 1 aromatic heterocycles. The third kappa shape index (κ3) is 4.63. The number of aromatic nitrogens is 1. The number of para-hydroxylation sites is 1. The number of carbonyl (C=O) groups is 2. The van der Waals surface area contributed by atoms with Crippen molar-refractivity contribution < 1.29 is 18.8 Å². The molecule has 0 aliphatic rings. The number of ether oxygens (including phenoxy) is 1. The van der Waals surface area contributed by atoms with Gasteiger partial charge in [-0.15, -0.1) is 0 Å². The Kier molecular flexibility index (Phi) is 5.97. The van der Waals surface area contributed by atoms with Crippen molar-refractivity contribution in [1.29, 1.82) is 0 Å². The van der Waals surface area contributed by atoms with Crippen LogP contribution in [-0.4, -0.2) is 28.9 Å². The maximum absolute atomic E-state index is 12.8. The van der Waals surface area contributed by atoms with E-state index in [-0.39, 0.29) is 12.5 Å². The minimum atomic E-state index is -0.550. The summed E-state index contributed by atoms with van der Waals surface area (Å²) >= 11 is 0. The molecule has 29 heavy (non-hydrogen) atoms. The number of primary amides is 1. The number of hydrogen-bond acceptors (Lipinski definition) is 5. The van der Waals surface area contributed by atoms with Gasteiger partial charge in [0.25, 0.3) is 11.8 Å². The lowest BCUT2D eigenvalue weighted by Gasteiger charge is -2.17. The number of benzene rings is 2. The molecule has 0 saturated heterocycles. The molecule has 7 heteroatoms. The molecule has 7 nitrogen and oxygen atoms in total. The fraction of sp³-hybridized carbons (Fsp3) is 0.227. The van der Waals surface area contributed by atoms with E-state index in [2.05, 4.69) is 5.16 Å². The third-order valence-electron chi connectivity index (χ3n) is 4.64. The molecule has 1 heterocycles. The molecule has 0 unspecified atom stereocenters. The normalized spacial score (nSPS) is 10.6. The Bertz CT molecular complexity index is 1020. The SMILES string of the molecule is Cc1noc(C)c1CN(C)C(=O)c1cccc(COc2ccccc2C(N)=O)c1. The number of nitrogens with zero attached hydrogens (tertiary/aromatic N) is 2. The Morgan fingerprint density at radius 1 is 1.14 bits per heavy atom. The smallest absolute Gasteiger partial charge is 0.253 e. The Balaban J connectivity index is 1.71. The number of nitrogens with two attached hydrogens (primary N) is 1. The van der Waals surface area contributed by atoms with Crippen molar-refractivity contribution in [3.8, 4) is 5.75 Å². The van der Waals surface area contributed by atoms with Crippen LogP contribution in [0.3, 0.4) is 0 Å². The Labute approximate surface area is 169 Å². The second-order valence-electron chi connectivity index (χ2n) is 6.81. The molecule has 2 amide bonds. The third-order valence-corrected chi connectivity index (χ3v) is 4.64. The molecule has 2 aromatic carbocycles. The lowest BCUT2D eigenvalue weighted by atomic mass is 10.1. The second kappa shape index (κ2) is 8.60. The van der Waals surface area contributed by atoms with Gasteiger partial charge in [0, 0.05) is 18.2 Å². The first-order valence-electron chi connectivity index (χ1n) is 9.14. The van der Waals surface area contributed by atoms with Crippen molar-refractivity contribution in [3.63, 3.8) is 0 Å². The molecule has 0 aliphatic heterocycles. The highest BCUT2D eigenvalue weighted by molar-refractivity contribution is 5.95. The maximum Gasteiger partial charge on any atom is 0.253 e. The van der Waals surface area contributed by atoms with Crippen molar-refractivity contribution in [2.24, 2.45) is 5.73 Å². The van der Waals surface area contributed by atoms with Gasteiger partial charge in [0.05, 0.1) is 17.8 Å². The Morgan fingerprint density at radius 2 is 1.90 bits per heavy atom. The van der Waals surface area contributed by atoms with Gasteiger partial charge in [-0.05, 0) is 43.7 Å². The van der Waals surface area contributed by atoms with Crippen LogP contribution in [0.25, 0.3) is 0 Å². The van der Waals surface area contributed by atoms with E-state index >= 15 is 0 Å². The van der Waals surface area contributed by atoms with Gasteiger partial charge in [0.15, 0.2) is 0 Å². The van der Waals surface area contributed by atoms with Crippen molar-refractivity contribution in [2.75, 3.05) is 7.05 Å². The summed E-state index contributed by atoms with van der Waals surface area (Å²) in [5, 5.41) is 3.93. The lowest BCUT2D eigenvalue weighted by molar-refractivity contribution is 0.0784. The van der Waals surface area contributed by atoms with Gasteiger partial charge in [0.2, 0.25) is 0 Å². The molecule has 0 atom stereocenters. The van der Waals surface area contributed by atoms with Gasteiger partial charge in [-0.3, -0.25) is 9.59 Å². The summed E-state index contributed by atoms with van der Waals surface area (Å²) < 4.78 is 10.9. The molecule has 3 aromatic rings. The molecule has 0 fully saturated rings. The van der Waals surface area contributed by atoms with E-state index in [9.17, 15) is 9.59 Å². The van der Waals surface area contributed by atoms with E-state index in [0.29, 0.717) is 29.2 Å². The zero-order chi connectivity index (χ0) is 21.0. The number of amides is 2. The molecule has 0 bridgehead atoms. The number of carbonyl (C=O) groups excluding carboxylic acids is 2. The summed E-state index contributed by atoms with van der Waals surface area (Å²) in [5.74, 6) is 0.444. The van der Waals surface area contributed by atoms with Gasteiger partial charge < -0.3 is 19.9 Å². The number of rotatable bonds is 7. The lowest BCUT2D eigenvalue weighted by Crippen LogP contribution is -2.26. The molecule has 3 rings (SSSR count). The summed E-state index contributed by atoms with van der Waals surface area (Å²) in [6, 6.07) is 14.0. The van der Waals surface area contributed by atoms with Crippen molar-refractivity contribution in [2.45, 2.75) is 27.0 Å². The summed E-state index contributed by atoms with van der Waals surface area (Å²) in [7, 11) is 1.74. The zero-order valence-corrected chi connectivity index (χ0v) is 16.6. The van der Waals surface area contributed by atoms with E-state index < -0.39 is 5.91 Å². The zero-order valence-electron chi connectivity index (χ0n) is 16.6. The van der Waals surface area contributed by atoms with E-state index in [0.717, 1.165) is 16.8 Å². The predicted molar refractivity (Wildman–Crippen MR) is 108 cm³/mol. The number of aryl methyl sites for hydroxylation is 2. The van der Waals surface area contributed by atoms with Gasteiger partial charge >= 0.3 is 0 Å². The summed E-state index contributed by atoms with van der Waals surface area (Å²) in [5.41, 5.74) is 8.73. The molecule has 0 saturated carbocycles. The second-order valence-corrected chi connectivity index (χ2v) is 6.81. The fourth-order valence-corrected chi connectivity index (χ4v) is 3.01. The van der Waals surface area contributed by atoms with Crippen LogP contribution < -0.4 is 10.5 Å². The van der Waals surface area contributed by atoms with Gasteiger partial charge in [0.1, 0.15) is 18.1 Å². The standard InChI is InChI=1S/C22H23N3O4/c1-14-19(15(2)29-24-14)12-25(3)22(27)17-8-6-7-16(11-17)13-28-20-10-5-4-9-18(20)21(23)26/h4-11H,12-13H2,1-3H3,(H2,23,26). The molecular formula is C22H23N3O4. The molecule has 2 N–H and O–H groups in total. The van der Waals surface area contributed by atoms with Crippen LogP contribution in [-0.2, 0) is 13.2 Å². The highest BCUT2D eigenvalue weighted by Crippen LogP contribution is 2.20. The van der Waals surface area contributed by atoms with Gasteiger partial charge in [-0.1, -0.05) is 29.4 Å². The van der Waals surface area contributed by atoms with Gasteiger partial charge in [-0.2, -0.15) is 0 Å². The van der Waals surface area contributed by atoms with Crippen LogP contribution in [0.5, 0.6) is 5.75 Å². The van der Waals surface area contributed by atoms with Gasteiger partial charge in [-0.25, -0.2) is 0 Å². The van der Waals surface area contributed by atoms with Crippen LogP contribution in [0, 0.1) is 13.8 Å². The number of hydrogen-bond donors (Lipinski definition) is 1. The van der Waals surface area contributed by atoms with Crippen molar-refractivity contribution in [1.82, 2.24) is 10.1 Å². The summed E-state index contributed by atoms with van der Waals surface area (Å²) in [6.07, 6.45) is 0. The molecule has 0 radical (unpaired) electrons. The first-order valence-corrected chi connectivity index (χ1v) is 9.14. The van der Waals surface area contributed by atoms with E-state index in [1.54, 1.807) is 54.4 Å². The Morgan fingerprint density at radius 3 is 2.59 bits per heavy atom. The molecule has 150 valence electrons. The highest BCUT2D eigenvalue weighted by atomic mass is 16.5. The summed E-state index contributed by atoms with van der Waals surface area (Å²) in [6.45, 7) is 4.30. The maximum atomic E-state index is 12.8. The first kappa shape index (κ1) is 20.1. The average Bonchev–Trinajstić information content (AvgIpc) is 3.04. The fourth-order valence-electron chi connectivity index (χ4n) is 3.01. The van der Waals surface area contributed by atoms with Crippen molar-refractivity contribution in [3.05, 3.63) is 82.2 Å². The van der Waals surface area contributed by atoms with E-state index in [1.165, 1.54) is 0 Å².